The number of aromatic nitrogens is 2. The third-order valence-corrected chi connectivity index (χ3v) is 4.88. The average Bonchev–Trinajstić information content (AvgIpc) is 3.07. The molecule has 2 aromatic carbocycles. The van der Waals surface area contributed by atoms with Gasteiger partial charge >= 0.3 is 0 Å². The SMILES string of the molecule is [Br-].c1ccc(CN2CC[n+]3c2c2ccccc2c2ccccc23)nc1. The second-order valence-electron chi connectivity index (χ2n) is 6.28. The molecule has 0 atom stereocenters. The monoisotopic (exact) mass is 391 g/mol. The first-order valence-corrected chi connectivity index (χ1v) is 8.40. The number of hydrogen-bond donors (Lipinski definition) is 0. The molecule has 0 aliphatic carbocycles. The highest BCUT2D eigenvalue weighted by Crippen LogP contribution is 2.32. The molecule has 0 fully saturated rings. The van der Waals surface area contributed by atoms with E-state index in [0.717, 1.165) is 25.3 Å². The van der Waals surface area contributed by atoms with Gasteiger partial charge in [-0.1, -0.05) is 42.5 Å². The summed E-state index contributed by atoms with van der Waals surface area (Å²) in [4.78, 5) is 6.96. The van der Waals surface area contributed by atoms with Crippen molar-refractivity contribution in [2.24, 2.45) is 0 Å². The van der Waals surface area contributed by atoms with Crippen LogP contribution in [0.5, 0.6) is 0 Å². The van der Waals surface area contributed by atoms with Crippen LogP contribution < -0.4 is 26.4 Å². The molecule has 0 radical (unpaired) electrons. The first-order valence-electron chi connectivity index (χ1n) is 8.40. The molecule has 0 spiro atoms. The van der Waals surface area contributed by atoms with E-state index in [4.69, 9.17) is 0 Å². The van der Waals surface area contributed by atoms with Crippen LogP contribution in [0.3, 0.4) is 0 Å². The third kappa shape index (κ3) is 2.57. The minimum absolute atomic E-state index is 0. The summed E-state index contributed by atoms with van der Waals surface area (Å²) in [5.74, 6) is 1.31. The van der Waals surface area contributed by atoms with E-state index in [2.05, 4.69) is 75.1 Å². The Balaban J connectivity index is 0.00000157. The number of anilines is 1. The van der Waals surface area contributed by atoms with Crippen molar-refractivity contribution >= 4 is 27.5 Å². The van der Waals surface area contributed by atoms with Crippen LogP contribution in [0.1, 0.15) is 5.69 Å². The highest BCUT2D eigenvalue weighted by atomic mass is 79.9. The number of benzene rings is 2. The highest BCUT2D eigenvalue weighted by molar-refractivity contribution is 6.08. The minimum atomic E-state index is 0. The predicted octanol–water partition coefficient (Wildman–Crippen LogP) is 0.700. The fourth-order valence-electron chi connectivity index (χ4n) is 3.84. The molecule has 5 rings (SSSR count). The van der Waals surface area contributed by atoms with Crippen LogP contribution in [0.2, 0.25) is 0 Å². The Labute approximate surface area is 157 Å². The van der Waals surface area contributed by atoms with Crippen LogP contribution in [-0.2, 0) is 13.1 Å². The quantitative estimate of drug-likeness (QED) is 0.370. The lowest BCUT2D eigenvalue weighted by Gasteiger charge is -2.13. The van der Waals surface area contributed by atoms with Crippen LogP contribution >= 0.6 is 0 Å². The molecule has 0 unspecified atom stereocenters. The summed E-state index contributed by atoms with van der Waals surface area (Å²) in [7, 11) is 0. The van der Waals surface area contributed by atoms with Crippen LogP contribution in [-0.4, -0.2) is 11.5 Å². The maximum atomic E-state index is 4.51. The Bertz CT molecular complexity index is 1050. The lowest BCUT2D eigenvalue weighted by Crippen LogP contribution is -3.00. The third-order valence-electron chi connectivity index (χ3n) is 4.88. The molecular weight excluding hydrogens is 374 g/mol. The summed E-state index contributed by atoms with van der Waals surface area (Å²) >= 11 is 0. The van der Waals surface area contributed by atoms with Gasteiger partial charge in [0, 0.05) is 17.0 Å². The Morgan fingerprint density at radius 2 is 1.56 bits per heavy atom. The number of pyridine rings is 2. The van der Waals surface area contributed by atoms with Crippen molar-refractivity contribution in [3.63, 3.8) is 0 Å². The Hall–Kier alpha value is -2.46. The van der Waals surface area contributed by atoms with E-state index in [1.807, 2.05) is 12.3 Å². The van der Waals surface area contributed by atoms with Gasteiger partial charge in [0.15, 0.2) is 0 Å². The van der Waals surface area contributed by atoms with Crippen molar-refractivity contribution in [2.75, 3.05) is 11.4 Å². The zero-order valence-electron chi connectivity index (χ0n) is 13.8. The van der Waals surface area contributed by atoms with E-state index >= 15 is 0 Å². The number of rotatable bonds is 2. The number of para-hydroxylation sites is 1. The second-order valence-corrected chi connectivity index (χ2v) is 6.28. The molecule has 4 heteroatoms. The van der Waals surface area contributed by atoms with E-state index in [-0.39, 0.29) is 17.0 Å². The van der Waals surface area contributed by atoms with E-state index in [9.17, 15) is 0 Å². The van der Waals surface area contributed by atoms with Crippen LogP contribution in [0.15, 0.2) is 72.9 Å². The molecule has 124 valence electrons. The predicted molar refractivity (Wildman–Crippen MR) is 96.9 cm³/mol. The summed E-state index contributed by atoms with van der Waals surface area (Å²) in [6.07, 6.45) is 1.87. The number of halogens is 1. The van der Waals surface area contributed by atoms with E-state index in [1.54, 1.807) is 0 Å². The molecule has 3 heterocycles. The molecule has 1 aliphatic rings. The molecule has 0 amide bonds. The van der Waals surface area contributed by atoms with Crippen LogP contribution in [0.25, 0.3) is 21.7 Å². The van der Waals surface area contributed by atoms with Gasteiger partial charge in [-0.15, -0.1) is 0 Å². The molecule has 1 aliphatic heterocycles. The van der Waals surface area contributed by atoms with Gasteiger partial charge in [-0.2, -0.15) is 0 Å². The van der Waals surface area contributed by atoms with E-state index < -0.39 is 0 Å². The van der Waals surface area contributed by atoms with Crippen molar-refractivity contribution in [1.29, 1.82) is 0 Å². The van der Waals surface area contributed by atoms with Crippen molar-refractivity contribution < 1.29 is 21.5 Å². The van der Waals surface area contributed by atoms with Gasteiger partial charge in [-0.25, -0.2) is 4.57 Å². The van der Waals surface area contributed by atoms with Gasteiger partial charge in [0.1, 0.15) is 25.2 Å². The Kier molecular flexibility index (Phi) is 4.14. The molecule has 0 bridgehead atoms. The summed E-state index contributed by atoms with van der Waals surface area (Å²) in [5, 5.41) is 3.98. The Morgan fingerprint density at radius 1 is 0.840 bits per heavy atom. The van der Waals surface area contributed by atoms with Gasteiger partial charge in [0.05, 0.1) is 11.1 Å². The smallest absolute Gasteiger partial charge is 0.285 e. The van der Waals surface area contributed by atoms with E-state index in [1.165, 1.54) is 27.5 Å². The topological polar surface area (TPSA) is 20.0 Å². The summed E-state index contributed by atoms with van der Waals surface area (Å²) in [5.41, 5.74) is 2.43. The van der Waals surface area contributed by atoms with Gasteiger partial charge in [0.2, 0.25) is 0 Å². The number of nitrogens with zero attached hydrogens (tertiary/aromatic N) is 3. The fourth-order valence-corrected chi connectivity index (χ4v) is 3.84. The van der Waals surface area contributed by atoms with Crippen molar-refractivity contribution in [3.8, 4) is 0 Å². The normalized spacial score (nSPS) is 13.0. The molecule has 0 saturated carbocycles. The first kappa shape index (κ1) is 16.0. The van der Waals surface area contributed by atoms with Crippen LogP contribution in [0, 0.1) is 0 Å². The van der Waals surface area contributed by atoms with Crippen molar-refractivity contribution in [2.45, 2.75) is 13.1 Å². The van der Waals surface area contributed by atoms with Gasteiger partial charge in [-0.3, -0.25) is 9.88 Å². The molecule has 4 aromatic rings. The Morgan fingerprint density at radius 3 is 2.36 bits per heavy atom. The van der Waals surface area contributed by atoms with Gasteiger partial charge < -0.3 is 17.0 Å². The van der Waals surface area contributed by atoms with Gasteiger partial charge in [0.25, 0.3) is 5.82 Å². The maximum Gasteiger partial charge on any atom is 0.285 e. The molecule has 2 aromatic heterocycles. The average molecular weight is 392 g/mol. The zero-order chi connectivity index (χ0) is 15.9. The zero-order valence-corrected chi connectivity index (χ0v) is 15.4. The number of hydrogen-bond acceptors (Lipinski definition) is 2. The lowest BCUT2D eigenvalue weighted by molar-refractivity contribution is -0.643. The molecule has 0 N–H and O–H groups in total. The minimum Gasteiger partial charge on any atom is -1.00 e. The summed E-state index contributed by atoms with van der Waals surface area (Å²) < 4.78 is 2.46. The standard InChI is InChI=1S/C21H18N3.BrH/c1-2-10-19-17(8-1)18-9-3-4-11-20(18)24-14-13-23(21(19)24)15-16-7-5-6-12-22-16;/h1-12H,13-15H2;1H/q+1;/p-1. The summed E-state index contributed by atoms with van der Waals surface area (Å²) in [6, 6.07) is 23.6. The molecule has 25 heavy (non-hydrogen) atoms. The number of fused-ring (bicyclic) bond motifs is 6. The van der Waals surface area contributed by atoms with Crippen molar-refractivity contribution in [3.05, 3.63) is 78.6 Å². The van der Waals surface area contributed by atoms with Crippen LogP contribution in [0.4, 0.5) is 5.82 Å². The second kappa shape index (κ2) is 6.45. The molecule has 3 nitrogen and oxygen atoms in total. The molecule has 0 saturated heterocycles. The lowest BCUT2D eigenvalue weighted by atomic mass is 10.1. The van der Waals surface area contributed by atoms with E-state index in [0.29, 0.717) is 0 Å². The van der Waals surface area contributed by atoms with Gasteiger partial charge in [-0.05, 0) is 24.3 Å². The summed E-state index contributed by atoms with van der Waals surface area (Å²) in [6.45, 7) is 2.89. The first-order chi connectivity index (χ1) is 11.9. The van der Waals surface area contributed by atoms with Crippen molar-refractivity contribution in [1.82, 2.24) is 4.98 Å². The largest absolute Gasteiger partial charge is 1.00 e. The highest BCUT2D eigenvalue weighted by Gasteiger charge is 2.32. The molecular formula is C21H18BrN3. The fraction of sp³-hybridized carbons (Fsp3) is 0.143. The maximum absolute atomic E-state index is 4.51.